The Hall–Kier alpha value is -2.47. The molecule has 1 fully saturated rings. The summed E-state index contributed by atoms with van der Waals surface area (Å²) in [6.07, 6.45) is 12.2. The lowest BCUT2D eigenvalue weighted by Gasteiger charge is -2.23. The Morgan fingerprint density at radius 3 is 2.69 bits per heavy atom. The van der Waals surface area contributed by atoms with Gasteiger partial charge in [-0.25, -0.2) is 9.97 Å². The number of nitrogens with zero attached hydrogens (tertiary/aromatic N) is 3. The number of hydrogen-bond donors (Lipinski definition) is 2. The fourth-order valence-corrected chi connectivity index (χ4v) is 2.94. The van der Waals surface area contributed by atoms with E-state index in [0.717, 1.165) is 24.4 Å². The SMILES string of the molecule is COCCc1ccccc1.N/N=C\c1cncnc1NC1CCCCC1. The summed E-state index contributed by atoms with van der Waals surface area (Å²) < 4.78 is 4.95. The zero-order valence-electron chi connectivity index (χ0n) is 15.5. The van der Waals surface area contributed by atoms with E-state index in [1.807, 2.05) is 18.2 Å². The molecule has 1 aliphatic carbocycles. The summed E-state index contributed by atoms with van der Waals surface area (Å²) >= 11 is 0. The predicted octanol–water partition coefficient (Wildman–Crippen LogP) is 3.39. The van der Waals surface area contributed by atoms with Gasteiger partial charge in [-0.1, -0.05) is 49.6 Å². The van der Waals surface area contributed by atoms with Crippen LogP contribution >= 0.6 is 0 Å². The monoisotopic (exact) mass is 355 g/mol. The van der Waals surface area contributed by atoms with Gasteiger partial charge < -0.3 is 15.9 Å². The van der Waals surface area contributed by atoms with Gasteiger partial charge in [0.05, 0.1) is 18.4 Å². The first-order valence-electron chi connectivity index (χ1n) is 9.16. The summed E-state index contributed by atoms with van der Waals surface area (Å²) in [6.45, 7) is 0.810. The van der Waals surface area contributed by atoms with Crippen LogP contribution in [-0.2, 0) is 11.2 Å². The number of rotatable bonds is 6. The maximum Gasteiger partial charge on any atom is 0.138 e. The second-order valence-corrected chi connectivity index (χ2v) is 6.31. The molecule has 0 atom stereocenters. The van der Waals surface area contributed by atoms with Crippen molar-refractivity contribution in [2.75, 3.05) is 19.0 Å². The third-order valence-corrected chi connectivity index (χ3v) is 4.34. The first kappa shape index (κ1) is 19.8. The molecule has 1 saturated carbocycles. The molecule has 140 valence electrons. The Morgan fingerprint density at radius 2 is 2.00 bits per heavy atom. The van der Waals surface area contributed by atoms with Gasteiger partial charge in [0, 0.05) is 19.3 Å². The lowest BCUT2D eigenvalue weighted by molar-refractivity contribution is 0.202. The molecule has 6 nitrogen and oxygen atoms in total. The van der Waals surface area contributed by atoms with Gasteiger partial charge in [-0.15, -0.1) is 0 Å². The van der Waals surface area contributed by atoms with Crippen LogP contribution in [-0.4, -0.2) is 35.9 Å². The summed E-state index contributed by atoms with van der Waals surface area (Å²) in [7, 11) is 1.73. The fraction of sp³-hybridized carbons (Fsp3) is 0.450. The van der Waals surface area contributed by atoms with Crippen LogP contribution < -0.4 is 11.2 Å². The van der Waals surface area contributed by atoms with Gasteiger partial charge in [0.25, 0.3) is 0 Å². The first-order chi connectivity index (χ1) is 12.8. The Bertz CT molecular complexity index is 642. The maximum absolute atomic E-state index is 5.15. The van der Waals surface area contributed by atoms with Crippen LogP contribution in [0.25, 0.3) is 0 Å². The smallest absolute Gasteiger partial charge is 0.138 e. The molecule has 1 aromatic carbocycles. The number of nitrogens with one attached hydrogen (secondary N) is 1. The lowest BCUT2D eigenvalue weighted by atomic mass is 9.95. The molecule has 0 saturated heterocycles. The zero-order valence-corrected chi connectivity index (χ0v) is 15.5. The molecule has 6 heteroatoms. The molecule has 26 heavy (non-hydrogen) atoms. The van der Waals surface area contributed by atoms with Crippen molar-refractivity contribution in [1.82, 2.24) is 9.97 Å². The molecular formula is C20H29N5O. The minimum Gasteiger partial charge on any atom is -0.384 e. The molecule has 2 aromatic rings. The molecule has 0 amide bonds. The highest BCUT2D eigenvalue weighted by Gasteiger charge is 2.14. The lowest BCUT2D eigenvalue weighted by Crippen LogP contribution is -2.23. The standard InChI is InChI=1S/C11H17N5.C9H12O/c12-15-7-9-6-13-8-14-11(9)16-10-4-2-1-3-5-10;1-10-8-7-9-5-3-2-4-6-9/h6-8,10H,1-5,12H2,(H,13,14,16);2-6H,7-8H2,1H3/b15-7-;. The van der Waals surface area contributed by atoms with E-state index in [1.54, 1.807) is 25.8 Å². The number of methoxy groups -OCH3 is 1. The van der Waals surface area contributed by atoms with Gasteiger partial charge in [0.2, 0.25) is 0 Å². The van der Waals surface area contributed by atoms with Crippen LogP contribution in [0.4, 0.5) is 5.82 Å². The first-order valence-corrected chi connectivity index (χ1v) is 9.16. The van der Waals surface area contributed by atoms with Crippen molar-refractivity contribution >= 4 is 12.0 Å². The van der Waals surface area contributed by atoms with E-state index >= 15 is 0 Å². The summed E-state index contributed by atoms with van der Waals surface area (Å²) in [5.74, 6) is 5.98. The summed E-state index contributed by atoms with van der Waals surface area (Å²) in [5, 5.41) is 6.95. The summed E-state index contributed by atoms with van der Waals surface area (Å²) in [6, 6.07) is 10.9. The van der Waals surface area contributed by atoms with Crippen molar-refractivity contribution in [3.05, 3.63) is 54.0 Å². The highest BCUT2D eigenvalue weighted by molar-refractivity contribution is 5.85. The minimum absolute atomic E-state index is 0.522. The van der Waals surface area contributed by atoms with E-state index < -0.39 is 0 Å². The molecule has 0 aliphatic heterocycles. The summed E-state index contributed by atoms with van der Waals surface area (Å²) in [5.41, 5.74) is 2.18. The van der Waals surface area contributed by atoms with Crippen molar-refractivity contribution in [2.45, 2.75) is 44.6 Å². The van der Waals surface area contributed by atoms with Crippen molar-refractivity contribution in [1.29, 1.82) is 0 Å². The molecule has 0 radical (unpaired) electrons. The number of hydrogen-bond acceptors (Lipinski definition) is 6. The van der Waals surface area contributed by atoms with Gasteiger partial charge in [-0.05, 0) is 24.8 Å². The van der Waals surface area contributed by atoms with Crippen LogP contribution in [0.3, 0.4) is 0 Å². The van der Waals surface area contributed by atoms with Crippen LogP contribution in [0.15, 0.2) is 48.0 Å². The van der Waals surface area contributed by atoms with Crippen molar-refractivity contribution in [3.8, 4) is 0 Å². The molecule has 3 N–H and O–H groups in total. The van der Waals surface area contributed by atoms with E-state index in [0.29, 0.717) is 6.04 Å². The largest absolute Gasteiger partial charge is 0.384 e. The predicted molar refractivity (Wildman–Crippen MR) is 106 cm³/mol. The zero-order chi connectivity index (χ0) is 18.5. The minimum atomic E-state index is 0.522. The number of nitrogens with two attached hydrogens (primary N) is 1. The van der Waals surface area contributed by atoms with Crippen LogP contribution in [0.2, 0.25) is 0 Å². The third-order valence-electron chi connectivity index (χ3n) is 4.34. The Kier molecular flexibility index (Phi) is 9.14. The number of benzene rings is 1. The van der Waals surface area contributed by atoms with Crippen molar-refractivity contribution in [2.24, 2.45) is 10.9 Å². The topological polar surface area (TPSA) is 85.4 Å². The second kappa shape index (κ2) is 12.0. The van der Waals surface area contributed by atoms with Crippen molar-refractivity contribution in [3.63, 3.8) is 0 Å². The van der Waals surface area contributed by atoms with E-state index in [9.17, 15) is 0 Å². The van der Waals surface area contributed by atoms with E-state index in [1.165, 1.54) is 37.7 Å². The molecular weight excluding hydrogens is 326 g/mol. The van der Waals surface area contributed by atoms with Crippen LogP contribution in [0, 0.1) is 0 Å². The fourth-order valence-electron chi connectivity index (χ4n) is 2.94. The molecule has 3 rings (SSSR count). The number of anilines is 1. The third kappa shape index (κ3) is 7.19. The van der Waals surface area contributed by atoms with Crippen LogP contribution in [0.1, 0.15) is 43.2 Å². The highest BCUT2D eigenvalue weighted by atomic mass is 16.5. The molecule has 0 bridgehead atoms. The Morgan fingerprint density at radius 1 is 1.23 bits per heavy atom. The van der Waals surface area contributed by atoms with E-state index in [4.69, 9.17) is 10.6 Å². The Balaban J connectivity index is 0.000000209. The summed E-state index contributed by atoms with van der Waals surface area (Å²) in [4.78, 5) is 8.18. The van der Waals surface area contributed by atoms with Crippen LogP contribution in [0.5, 0.6) is 0 Å². The second-order valence-electron chi connectivity index (χ2n) is 6.31. The van der Waals surface area contributed by atoms with E-state index in [-0.39, 0.29) is 0 Å². The number of hydrazone groups is 1. The number of aromatic nitrogens is 2. The average Bonchev–Trinajstić information content (AvgIpc) is 2.70. The van der Waals surface area contributed by atoms with Gasteiger partial charge >= 0.3 is 0 Å². The molecule has 1 aromatic heterocycles. The normalized spacial score (nSPS) is 14.7. The van der Waals surface area contributed by atoms with Crippen molar-refractivity contribution < 1.29 is 4.74 Å². The van der Waals surface area contributed by atoms with Gasteiger partial charge in [0.1, 0.15) is 12.1 Å². The van der Waals surface area contributed by atoms with Gasteiger partial charge in [0.15, 0.2) is 0 Å². The van der Waals surface area contributed by atoms with Gasteiger partial charge in [-0.2, -0.15) is 5.10 Å². The maximum atomic E-state index is 5.15. The van der Waals surface area contributed by atoms with E-state index in [2.05, 4.69) is 32.5 Å². The molecule has 0 spiro atoms. The molecule has 0 unspecified atom stereocenters. The molecule has 1 heterocycles. The highest BCUT2D eigenvalue weighted by Crippen LogP contribution is 2.21. The Labute approximate surface area is 155 Å². The number of ether oxygens (including phenoxy) is 1. The average molecular weight is 355 g/mol. The quantitative estimate of drug-likeness (QED) is 0.471. The molecule has 1 aliphatic rings. The van der Waals surface area contributed by atoms with Gasteiger partial charge in [-0.3, -0.25) is 0 Å².